The first-order valence-corrected chi connectivity index (χ1v) is 5.01. The fourth-order valence-corrected chi connectivity index (χ4v) is 1.86. The molecule has 1 heterocycles. The summed E-state index contributed by atoms with van der Waals surface area (Å²) in [7, 11) is 0. The van der Waals surface area contributed by atoms with Gasteiger partial charge in [-0.1, -0.05) is 20.3 Å². The molecule has 12 heavy (non-hydrogen) atoms. The molecule has 0 radical (unpaired) electrons. The summed E-state index contributed by atoms with van der Waals surface area (Å²) in [5.41, 5.74) is 0. The normalized spacial score (nSPS) is 20.2. The summed E-state index contributed by atoms with van der Waals surface area (Å²) < 4.78 is 0. The zero-order valence-corrected chi connectivity index (χ0v) is 8.18. The highest BCUT2D eigenvalue weighted by Gasteiger charge is 2.20. The lowest BCUT2D eigenvalue weighted by atomic mass is 10.1. The van der Waals surface area contributed by atoms with Gasteiger partial charge < -0.3 is 4.90 Å². The molecule has 70 valence electrons. The lowest BCUT2D eigenvalue weighted by molar-refractivity contribution is -0.128. The zero-order valence-electron chi connectivity index (χ0n) is 8.18. The Kier molecular flexibility index (Phi) is 3.57. The van der Waals surface area contributed by atoms with Crippen molar-refractivity contribution in [2.45, 2.75) is 39.5 Å². The fraction of sp³-hybridized carbons (Fsp3) is 0.900. The molecule has 0 aromatic carbocycles. The highest BCUT2D eigenvalue weighted by atomic mass is 16.2. The second kappa shape index (κ2) is 4.48. The number of hydrogen-bond acceptors (Lipinski definition) is 1. The molecule has 1 amide bonds. The molecule has 1 aliphatic heterocycles. The minimum atomic E-state index is 0.359. The summed E-state index contributed by atoms with van der Waals surface area (Å²) in [4.78, 5) is 13.3. The lowest BCUT2D eigenvalue weighted by Gasteiger charge is -2.19. The van der Waals surface area contributed by atoms with Gasteiger partial charge in [-0.2, -0.15) is 0 Å². The van der Waals surface area contributed by atoms with Gasteiger partial charge in [-0.05, 0) is 18.8 Å². The van der Waals surface area contributed by atoms with Gasteiger partial charge in [0.05, 0.1) is 0 Å². The van der Waals surface area contributed by atoms with E-state index in [2.05, 4.69) is 13.8 Å². The van der Waals surface area contributed by atoms with Gasteiger partial charge in [0.15, 0.2) is 0 Å². The third kappa shape index (κ3) is 2.50. The van der Waals surface area contributed by atoms with Crippen LogP contribution in [0.3, 0.4) is 0 Å². The molecule has 1 atom stereocenters. The van der Waals surface area contributed by atoms with E-state index in [-0.39, 0.29) is 0 Å². The van der Waals surface area contributed by atoms with E-state index in [1.165, 1.54) is 12.8 Å². The minimum absolute atomic E-state index is 0.359. The molecule has 0 N–H and O–H groups in total. The van der Waals surface area contributed by atoms with Crippen LogP contribution in [0.25, 0.3) is 0 Å². The maximum atomic E-state index is 11.2. The fourth-order valence-electron chi connectivity index (χ4n) is 1.86. The Morgan fingerprint density at radius 2 is 2.33 bits per heavy atom. The van der Waals surface area contributed by atoms with Crippen LogP contribution >= 0.6 is 0 Å². The van der Waals surface area contributed by atoms with E-state index in [1.807, 2.05) is 4.90 Å². The average Bonchev–Trinajstić information content (AvgIpc) is 2.37. The molecule has 2 nitrogen and oxygen atoms in total. The van der Waals surface area contributed by atoms with Crippen molar-refractivity contribution in [3.8, 4) is 0 Å². The Morgan fingerprint density at radius 3 is 2.83 bits per heavy atom. The Hall–Kier alpha value is -0.530. The van der Waals surface area contributed by atoms with Crippen LogP contribution in [0.2, 0.25) is 0 Å². The van der Waals surface area contributed by atoms with Crippen LogP contribution in [-0.2, 0) is 4.79 Å². The molecule has 0 aliphatic carbocycles. The van der Waals surface area contributed by atoms with Gasteiger partial charge in [-0.3, -0.25) is 4.79 Å². The molecule has 1 fully saturated rings. The second-order valence-electron chi connectivity index (χ2n) is 3.84. The first-order valence-electron chi connectivity index (χ1n) is 5.01. The maximum absolute atomic E-state index is 11.2. The van der Waals surface area contributed by atoms with Crippen LogP contribution < -0.4 is 0 Å². The Morgan fingerprint density at radius 1 is 1.58 bits per heavy atom. The van der Waals surface area contributed by atoms with Crippen LogP contribution in [0.4, 0.5) is 0 Å². The van der Waals surface area contributed by atoms with Gasteiger partial charge in [0.2, 0.25) is 5.91 Å². The van der Waals surface area contributed by atoms with Crippen LogP contribution in [0.15, 0.2) is 0 Å². The van der Waals surface area contributed by atoms with Crippen molar-refractivity contribution in [3.63, 3.8) is 0 Å². The quantitative estimate of drug-likeness (QED) is 0.630. The molecule has 0 aromatic rings. The van der Waals surface area contributed by atoms with Crippen molar-refractivity contribution < 1.29 is 4.79 Å². The van der Waals surface area contributed by atoms with Crippen LogP contribution in [0, 0.1) is 5.92 Å². The molecule has 0 unspecified atom stereocenters. The van der Waals surface area contributed by atoms with Crippen molar-refractivity contribution in [1.82, 2.24) is 4.90 Å². The number of rotatable bonds is 4. The second-order valence-corrected chi connectivity index (χ2v) is 3.84. The molecule has 1 saturated heterocycles. The lowest BCUT2D eigenvalue weighted by Crippen LogP contribution is -2.29. The van der Waals surface area contributed by atoms with Gasteiger partial charge in [0.1, 0.15) is 0 Å². The molecule has 1 aliphatic rings. The first kappa shape index (κ1) is 9.56. The number of amides is 1. The van der Waals surface area contributed by atoms with Crippen molar-refractivity contribution in [2.24, 2.45) is 5.92 Å². The monoisotopic (exact) mass is 169 g/mol. The Bertz CT molecular complexity index is 156. The maximum Gasteiger partial charge on any atom is 0.222 e. The predicted molar refractivity (Wildman–Crippen MR) is 49.9 cm³/mol. The van der Waals surface area contributed by atoms with Crippen LogP contribution in [0.1, 0.15) is 39.5 Å². The molecular formula is C10H19NO. The summed E-state index contributed by atoms with van der Waals surface area (Å²) >= 11 is 0. The first-order chi connectivity index (χ1) is 5.74. The van der Waals surface area contributed by atoms with Gasteiger partial charge >= 0.3 is 0 Å². The van der Waals surface area contributed by atoms with Crippen molar-refractivity contribution in [2.75, 3.05) is 13.1 Å². The number of carbonyl (C=O) groups is 1. The largest absolute Gasteiger partial charge is 0.342 e. The van der Waals surface area contributed by atoms with Crippen molar-refractivity contribution in [1.29, 1.82) is 0 Å². The summed E-state index contributed by atoms with van der Waals surface area (Å²) in [6, 6.07) is 0. The number of hydrogen-bond donors (Lipinski definition) is 0. The van der Waals surface area contributed by atoms with E-state index in [4.69, 9.17) is 0 Å². The Labute approximate surface area is 74.9 Å². The summed E-state index contributed by atoms with van der Waals surface area (Å²) in [5.74, 6) is 1.04. The van der Waals surface area contributed by atoms with Crippen LogP contribution in [0.5, 0.6) is 0 Å². The van der Waals surface area contributed by atoms with E-state index in [9.17, 15) is 4.79 Å². The summed E-state index contributed by atoms with van der Waals surface area (Å²) in [6.07, 6.45) is 4.31. The summed E-state index contributed by atoms with van der Waals surface area (Å²) in [5, 5.41) is 0. The average molecular weight is 169 g/mol. The van der Waals surface area contributed by atoms with Gasteiger partial charge in [0, 0.05) is 19.5 Å². The standard InChI is InChI=1S/C10H19NO/c1-3-5-9(2)8-11-7-4-6-10(11)12/h9H,3-8H2,1-2H3/t9-/m0/s1. The molecule has 0 bridgehead atoms. The van der Waals surface area contributed by atoms with E-state index in [1.54, 1.807) is 0 Å². The molecular weight excluding hydrogens is 150 g/mol. The van der Waals surface area contributed by atoms with Gasteiger partial charge in [0.25, 0.3) is 0 Å². The van der Waals surface area contributed by atoms with Gasteiger partial charge in [-0.25, -0.2) is 0 Å². The number of likely N-dealkylation sites (tertiary alicyclic amines) is 1. The third-order valence-electron chi connectivity index (χ3n) is 2.48. The predicted octanol–water partition coefficient (Wildman–Crippen LogP) is 2.04. The van der Waals surface area contributed by atoms with Crippen molar-refractivity contribution >= 4 is 5.91 Å². The summed E-state index contributed by atoms with van der Waals surface area (Å²) in [6.45, 7) is 6.40. The highest BCUT2D eigenvalue weighted by Crippen LogP contribution is 2.14. The third-order valence-corrected chi connectivity index (χ3v) is 2.48. The molecule has 0 aromatic heterocycles. The molecule has 0 saturated carbocycles. The Balaban J connectivity index is 2.25. The van der Waals surface area contributed by atoms with Crippen molar-refractivity contribution in [3.05, 3.63) is 0 Å². The molecule has 2 heteroatoms. The SMILES string of the molecule is CCC[C@H](C)CN1CCCC1=O. The number of carbonyl (C=O) groups excluding carboxylic acids is 1. The van der Waals surface area contributed by atoms with E-state index in [0.717, 1.165) is 25.9 Å². The topological polar surface area (TPSA) is 20.3 Å². The van der Waals surface area contributed by atoms with Gasteiger partial charge in [-0.15, -0.1) is 0 Å². The zero-order chi connectivity index (χ0) is 8.97. The van der Waals surface area contributed by atoms with E-state index in [0.29, 0.717) is 11.8 Å². The minimum Gasteiger partial charge on any atom is -0.342 e. The van der Waals surface area contributed by atoms with E-state index >= 15 is 0 Å². The highest BCUT2D eigenvalue weighted by molar-refractivity contribution is 5.78. The number of nitrogens with zero attached hydrogens (tertiary/aromatic N) is 1. The van der Waals surface area contributed by atoms with E-state index < -0.39 is 0 Å². The molecule has 1 rings (SSSR count). The molecule has 0 spiro atoms. The smallest absolute Gasteiger partial charge is 0.222 e. The van der Waals surface area contributed by atoms with Crippen LogP contribution in [-0.4, -0.2) is 23.9 Å².